The Morgan fingerprint density at radius 1 is 1.13 bits per heavy atom. The van der Waals surface area contributed by atoms with E-state index >= 15 is 0 Å². The zero-order valence-corrected chi connectivity index (χ0v) is 12.2. The Morgan fingerprint density at radius 2 is 1.91 bits per heavy atom. The van der Waals surface area contributed by atoms with Crippen molar-refractivity contribution in [2.24, 2.45) is 5.10 Å². The number of hydrazone groups is 1. The quantitative estimate of drug-likeness (QED) is 0.514. The zero-order valence-electron chi connectivity index (χ0n) is 12.2. The average Bonchev–Trinajstić information content (AvgIpc) is 2.56. The first-order valence-corrected chi connectivity index (χ1v) is 6.63. The highest BCUT2D eigenvalue weighted by Crippen LogP contribution is 2.16. The van der Waals surface area contributed by atoms with E-state index in [0.29, 0.717) is 11.4 Å². The summed E-state index contributed by atoms with van der Waals surface area (Å²) in [6.07, 6.45) is 1.12. The van der Waals surface area contributed by atoms with Crippen LogP contribution in [0.25, 0.3) is 0 Å². The summed E-state index contributed by atoms with van der Waals surface area (Å²) in [5, 5.41) is 5.95. The summed E-state index contributed by atoms with van der Waals surface area (Å²) in [6.45, 7) is 0. The van der Waals surface area contributed by atoms with Crippen molar-refractivity contribution < 1.29 is 18.7 Å². The predicted molar refractivity (Wildman–Crippen MR) is 83.8 cm³/mol. The topological polar surface area (TPSA) is 79.8 Å². The number of hydrogen-bond donors (Lipinski definition) is 2. The van der Waals surface area contributed by atoms with Gasteiger partial charge in [-0.25, -0.2) is 9.82 Å². The molecule has 0 radical (unpaired) electrons. The van der Waals surface area contributed by atoms with Gasteiger partial charge in [0.1, 0.15) is 11.6 Å². The number of amides is 2. The fourth-order valence-corrected chi connectivity index (χ4v) is 1.68. The molecular weight excluding hydrogens is 301 g/mol. The van der Waals surface area contributed by atoms with E-state index in [4.69, 9.17) is 4.74 Å². The first-order valence-electron chi connectivity index (χ1n) is 6.63. The van der Waals surface area contributed by atoms with Crippen molar-refractivity contribution in [3.8, 4) is 5.75 Å². The minimum atomic E-state index is -0.972. The Bertz CT molecular complexity index is 747. The molecule has 0 spiro atoms. The summed E-state index contributed by atoms with van der Waals surface area (Å²) < 4.78 is 18.3. The summed E-state index contributed by atoms with van der Waals surface area (Å²) in [5.41, 5.74) is 2.63. The highest BCUT2D eigenvalue weighted by atomic mass is 19.1. The molecule has 2 amide bonds. The van der Waals surface area contributed by atoms with Gasteiger partial charge >= 0.3 is 11.8 Å². The molecule has 0 aliphatic rings. The number of benzene rings is 2. The summed E-state index contributed by atoms with van der Waals surface area (Å²) in [6, 6.07) is 12.5. The fraction of sp³-hybridized carbons (Fsp3) is 0.0625. The van der Waals surface area contributed by atoms with Gasteiger partial charge in [0.2, 0.25) is 0 Å². The van der Waals surface area contributed by atoms with Crippen LogP contribution in [0.1, 0.15) is 5.56 Å². The number of nitrogens with zero attached hydrogens (tertiary/aromatic N) is 1. The maximum absolute atomic E-state index is 13.3. The van der Waals surface area contributed by atoms with Crippen molar-refractivity contribution in [1.29, 1.82) is 0 Å². The Hall–Kier alpha value is -3.22. The molecule has 23 heavy (non-hydrogen) atoms. The van der Waals surface area contributed by atoms with Gasteiger partial charge in [-0.2, -0.15) is 5.10 Å². The largest absolute Gasteiger partial charge is 0.497 e. The second kappa shape index (κ2) is 7.69. The van der Waals surface area contributed by atoms with Gasteiger partial charge in [-0.15, -0.1) is 0 Å². The van der Waals surface area contributed by atoms with E-state index in [2.05, 4.69) is 10.4 Å². The maximum Gasteiger partial charge on any atom is 0.329 e. The molecule has 0 saturated heterocycles. The number of halogens is 1. The lowest BCUT2D eigenvalue weighted by molar-refractivity contribution is -0.136. The minimum absolute atomic E-state index is 0.195. The lowest BCUT2D eigenvalue weighted by Gasteiger charge is -2.05. The van der Waals surface area contributed by atoms with E-state index in [1.54, 1.807) is 30.3 Å². The van der Waals surface area contributed by atoms with E-state index in [1.165, 1.54) is 25.3 Å². The van der Waals surface area contributed by atoms with Crippen molar-refractivity contribution >= 4 is 23.7 Å². The van der Waals surface area contributed by atoms with Crippen LogP contribution in [0.5, 0.6) is 5.75 Å². The molecule has 2 aromatic rings. The van der Waals surface area contributed by atoms with Gasteiger partial charge in [0.25, 0.3) is 0 Å². The molecule has 0 aliphatic carbocycles. The van der Waals surface area contributed by atoms with E-state index in [1.807, 2.05) is 5.43 Å². The normalized spacial score (nSPS) is 10.3. The molecule has 0 aliphatic heterocycles. The number of methoxy groups -OCH3 is 1. The maximum atomic E-state index is 13.3. The van der Waals surface area contributed by atoms with Crippen molar-refractivity contribution in [2.75, 3.05) is 12.4 Å². The molecule has 0 heterocycles. The number of anilines is 1. The molecule has 2 aromatic carbocycles. The first kappa shape index (κ1) is 16.2. The van der Waals surface area contributed by atoms with Gasteiger partial charge in [0, 0.05) is 17.3 Å². The second-order valence-corrected chi connectivity index (χ2v) is 4.41. The van der Waals surface area contributed by atoms with Crippen LogP contribution in [0.15, 0.2) is 53.6 Å². The smallest absolute Gasteiger partial charge is 0.329 e. The van der Waals surface area contributed by atoms with E-state index in [0.717, 1.165) is 6.21 Å². The third-order valence-electron chi connectivity index (χ3n) is 2.81. The van der Waals surface area contributed by atoms with Crippen LogP contribution in [0, 0.1) is 5.82 Å². The van der Waals surface area contributed by atoms with Crippen molar-refractivity contribution in [3.63, 3.8) is 0 Å². The molecule has 7 heteroatoms. The lowest BCUT2D eigenvalue weighted by atomic mass is 10.2. The van der Waals surface area contributed by atoms with Crippen molar-refractivity contribution in [2.45, 2.75) is 0 Å². The number of carbonyl (C=O) groups excluding carboxylic acids is 2. The third-order valence-corrected chi connectivity index (χ3v) is 2.81. The fourth-order valence-electron chi connectivity index (χ4n) is 1.68. The second-order valence-electron chi connectivity index (χ2n) is 4.41. The molecule has 0 saturated carbocycles. The molecule has 0 atom stereocenters. The highest BCUT2D eigenvalue weighted by molar-refractivity contribution is 6.39. The Labute approximate surface area is 132 Å². The van der Waals surface area contributed by atoms with Crippen LogP contribution in [0.4, 0.5) is 10.1 Å². The van der Waals surface area contributed by atoms with Gasteiger partial charge in [-0.1, -0.05) is 24.3 Å². The summed E-state index contributed by atoms with van der Waals surface area (Å²) >= 11 is 0. The van der Waals surface area contributed by atoms with Gasteiger partial charge < -0.3 is 10.1 Å². The van der Waals surface area contributed by atoms with Gasteiger partial charge in [-0.3, -0.25) is 9.59 Å². The molecule has 6 nitrogen and oxygen atoms in total. The van der Waals surface area contributed by atoms with Gasteiger partial charge in [0.05, 0.1) is 13.3 Å². The Morgan fingerprint density at radius 3 is 2.65 bits per heavy atom. The predicted octanol–water partition coefficient (Wildman–Crippen LogP) is 1.92. The molecule has 118 valence electrons. The molecular formula is C16H14FN3O3. The number of rotatable bonds is 4. The average molecular weight is 315 g/mol. The van der Waals surface area contributed by atoms with E-state index in [-0.39, 0.29) is 5.56 Å². The van der Waals surface area contributed by atoms with Crippen LogP contribution in [0.3, 0.4) is 0 Å². The van der Waals surface area contributed by atoms with E-state index in [9.17, 15) is 14.0 Å². The molecule has 0 unspecified atom stereocenters. The number of carbonyl (C=O) groups is 2. The minimum Gasteiger partial charge on any atom is -0.497 e. The number of ether oxygens (including phenoxy) is 1. The Balaban J connectivity index is 1.92. The summed E-state index contributed by atoms with van der Waals surface area (Å²) in [4.78, 5) is 23.3. The highest BCUT2D eigenvalue weighted by Gasteiger charge is 2.13. The third kappa shape index (κ3) is 4.63. The SMILES string of the molecule is COc1cccc(NC(=O)C(=O)N/N=C/c2ccccc2F)c1. The molecule has 0 fully saturated rings. The molecule has 2 N–H and O–H groups in total. The van der Waals surface area contributed by atoms with Crippen LogP contribution in [-0.4, -0.2) is 25.1 Å². The molecule has 0 bridgehead atoms. The Kier molecular flexibility index (Phi) is 5.40. The van der Waals surface area contributed by atoms with Crippen LogP contribution < -0.4 is 15.5 Å². The zero-order chi connectivity index (χ0) is 16.7. The number of nitrogens with one attached hydrogen (secondary N) is 2. The monoisotopic (exact) mass is 315 g/mol. The first-order chi connectivity index (χ1) is 11.1. The van der Waals surface area contributed by atoms with Crippen LogP contribution in [-0.2, 0) is 9.59 Å². The lowest BCUT2D eigenvalue weighted by Crippen LogP contribution is -2.32. The van der Waals surface area contributed by atoms with Crippen LogP contribution in [0.2, 0.25) is 0 Å². The molecule has 0 aromatic heterocycles. The van der Waals surface area contributed by atoms with Crippen LogP contribution >= 0.6 is 0 Å². The summed E-state index contributed by atoms with van der Waals surface area (Å²) in [7, 11) is 1.49. The standard InChI is InChI=1S/C16H14FN3O3/c1-23-13-7-4-6-12(9-13)19-15(21)16(22)20-18-10-11-5-2-3-8-14(11)17/h2-10H,1H3,(H,19,21)(H,20,22)/b18-10+. The molecule has 2 rings (SSSR count). The van der Waals surface area contributed by atoms with Crippen molar-refractivity contribution in [1.82, 2.24) is 5.43 Å². The van der Waals surface area contributed by atoms with Crippen molar-refractivity contribution in [3.05, 3.63) is 59.9 Å². The summed E-state index contributed by atoms with van der Waals surface area (Å²) in [5.74, 6) is -1.81. The number of hydrogen-bond acceptors (Lipinski definition) is 4. The van der Waals surface area contributed by atoms with Gasteiger partial charge in [-0.05, 0) is 18.2 Å². The van der Waals surface area contributed by atoms with Gasteiger partial charge in [0.15, 0.2) is 0 Å². The van der Waals surface area contributed by atoms with E-state index < -0.39 is 17.6 Å².